The van der Waals surface area contributed by atoms with Crippen LogP contribution in [-0.2, 0) is 0 Å². The molecular formula is C15H24N4O. The van der Waals surface area contributed by atoms with Crippen molar-refractivity contribution < 1.29 is 4.79 Å². The van der Waals surface area contributed by atoms with Crippen molar-refractivity contribution in [2.75, 3.05) is 39.3 Å². The fraction of sp³-hybridized carbons (Fsp3) is 0.667. The molecule has 1 unspecified atom stereocenters. The van der Waals surface area contributed by atoms with Crippen LogP contribution < -0.4 is 5.32 Å². The molecule has 0 bridgehead atoms. The Morgan fingerprint density at radius 2 is 2.00 bits per heavy atom. The molecule has 0 spiro atoms. The van der Waals surface area contributed by atoms with E-state index in [1.807, 2.05) is 24.8 Å². The van der Waals surface area contributed by atoms with Crippen molar-refractivity contribution in [2.45, 2.75) is 26.3 Å². The molecule has 2 aliphatic heterocycles. The first kappa shape index (κ1) is 13.6. The van der Waals surface area contributed by atoms with E-state index in [9.17, 15) is 4.79 Å². The predicted molar refractivity (Wildman–Crippen MR) is 79.0 cm³/mol. The van der Waals surface area contributed by atoms with E-state index in [4.69, 9.17) is 0 Å². The maximum Gasteiger partial charge on any atom is 0.270 e. The van der Waals surface area contributed by atoms with Crippen molar-refractivity contribution in [1.29, 1.82) is 0 Å². The Kier molecular flexibility index (Phi) is 3.81. The molecule has 0 radical (unpaired) electrons. The Morgan fingerprint density at radius 1 is 1.25 bits per heavy atom. The molecule has 5 nitrogen and oxygen atoms in total. The number of likely N-dealkylation sites (tertiary alicyclic amines) is 1. The van der Waals surface area contributed by atoms with Crippen LogP contribution >= 0.6 is 0 Å². The lowest BCUT2D eigenvalue weighted by Crippen LogP contribution is -2.49. The third-order valence-electron chi connectivity index (χ3n) is 4.48. The molecule has 1 amide bonds. The van der Waals surface area contributed by atoms with Gasteiger partial charge < -0.3 is 15.2 Å². The first-order chi connectivity index (χ1) is 9.65. The molecule has 1 atom stereocenters. The standard InChI is InChI=1S/C15H24N4O/c1-11-9-12(2)17-14(11)15(20)19-6-3-13(10-19)18-7-4-16-5-8-18/h9,13,16-17H,3-8,10H2,1-2H3. The van der Waals surface area contributed by atoms with E-state index in [1.54, 1.807) is 0 Å². The number of carbonyl (C=O) groups excluding carboxylic acids is 1. The number of aromatic amines is 1. The first-order valence-corrected chi connectivity index (χ1v) is 7.55. The summed E-state index contributed by atoms with van der Waals surface area (Å²) < 4.78 is 0. The second-order valence-corrected chi connectivity index (χ2v) is 5.99. The van der Waals surface area contributed by atoms with E-state index in [2.05, 4.69) is 15.2 Å². The van der Waals surface area contributed by atoms with Crippen LogP contribution in [0.3, 0.4) is 0 Å². The maximum atomic E-state index is 12.6. The van der Waals surface area contributed by atoms with Crippen molar-refractivity contribution in [3.8, 4) is 0 Å². The van der Waals surface area contributed by atoms with E-state index in [-0.39, 0.29) is 5.91 Å². The Bertz CT molecular complexity index is 490. The third-order valence-corrected chi connectivity index (χ3v) is 4.48. The Hall–Kier alpha value is -1.33. The average Bonchev–Trinajstić information content (AvgIpc) is 3.06. The summed E-state index contributed by atoms with van der Waals surface area (Å²) in [5.41, 5.74) is 2.88. The SMILES string of the molecule is Cc1cc(C)c(C(=O)N2CCC(N3CCNCC3)C2)[nH]1. The van der Waals surface area contributed by atoms with Crippen LogP contribution in [-0.4, -0.2) is 66.0 Å². The van der Waals surface area contributed by atoms with Crippen molar-refractivity contribution >= 4 is 5.91 Å². The molecule has 1 aromatic rings. The highest BCUT2D eigenvalue weighted by Crippen LogP contribution is 2.20. The van der Waals surface area contributed by atoms with Crippen LogP contribution in [0.4, 0.5) is 0 Å². The highest BCUT2D eigenvalue weighted by atomic mass is 16.2. The minimum atomic E-state index is 0.160. The lowest BCUT2D eigenvalue weighted by Gasteiger charge is -2.32. The van der Waals surface area contributed by atoms with Gasteiger partial charge in [-0.25, -0.2) is 0 Å². The number of aromatic nitrogens is 1. The highest BCUT2D eigenvalue weighted by Gasteiger charge is 2.32. The van der Waals surface area contributed by atoms with Gasteiger partial charge in [0, 0.05) is 51.0 Å². The van der Waals surface area contributed by atoms with Gasteiger partial charge in [0.2, 0.25) is 0 Å². The largest absolute Gasteiger partial charge is 0.354 e. The molecule has 5 heteroatoms. The quantitative estimate of drug-likeness (QED) is 0.838. The van der Waals surface area contributed by atoms with Crippen molar-refractivity contribution in [1.82, 2.24) is 20.1 Å². The summed E-state index contributed by atoms with van der Waals surface area (Å²) in [5, 5.41) is 3.38. The topological polar surface area (TPSA) is 51.4 Å². The van der Waals surface area contributed by atoms with Gasteiger partial charge in [-0.3, -0.25) is 9.69 Å². The lowest BCUT2D eigenvalue weighted by molar-refractivity contribution is 0.0767. The van der Waals surface area contributed by atoms with E-state index in [0.29, 0.717) is 6.04 Å². The van der Waals surface area contributed by atoms with Crippen LogP contribution in [0.25, 0.3) is 0 Å². The number of aryl methyl sites for hydroxylation is 2. The van der Waals surface area contributed by atoms with Gasteiger partial charge in [-0.05, 0) is 31.9 Å². The van der Waals surface area contributed by atoms with Gasteiger partial charge in [-0.15, -0.1) is 0 Å². The zero-order valence-electron chi connectivity index (χ0n) is 12.4. The average molecular weight is 276 g/mol. The number of nitrogens with zero attached hydrogens (tertiary/aromatic N) is 2. The summed E-state index contributed by atoms with van der Waals surface area (Å²) in [4.78, 5) is 20.3. The minimum Gasteiger partial charge on any atom is -0.354 e. The molecule has 1 aromatic heterocycles. The fourth-order valence-electron chi connectivity index (χ4n) is 3.38. The summed E-state index contributed by atoms with van der Waals surface area (Å²) in [6, 6.07) is 2.58. The van der Waals surface area contributed by atoms with Gasteiger partial charge in [-0.2, -0.15) is 0 Å². The van der Waals surface area contributed by atoms with E-state index >= 15 is 0 Å². The van der Waals surface area contributed by atoms with E-state index < -0.39 is 0 Å². The number of carbonyl (C=O) groups is 1. The van der Waals surface area contributed by atoms with Crippen LogP contribution in [0.2, 0.25) is 0 Å². The number of nitrogens with one attached hydrogen (secondary N) is 2. The molecular weight excluding hydrogens is 252 g/mol. The Labute approximate surface area is 120 Å². The third kappa shape index (κ3) is 2.60. The molecule has 110 valence electrons. The summed E-state index contributed by atoms with van der Waals surface area (Å²) in [7, 11) is 0. The van der Waals surface area contributed by atoms with Crippen LogP contribution in [0.15, 0.2) is 6.07 Å². The fourth-order valence-corrected chi connectivity index (χ4v) is 3.38. The summed E-state index contributed by atoms with van der Waals surface area (Å²) in [6.07, 6.45) is 1.10. The smallest absolute Gasteiger partial charge is 0.270 e. The Morgan fingerprint density at radius 3 is 2.65 bits per heavy atom. The molecule has 0 aliphatic carbocycles. The van der Waals surface area contributed by atoms with Crippen molar-refractivity contribution in [3.05, 3.63) is 23.0 Å². The molecule has 0 saturated carbocycles. The van der Waals surface area contributed by atoms with E-state index in [1.165, 1.54) is 0 Å². The summed E-state index contributed by atoms with van der Waals surface area (Å²) in [6.45, 7) is 10.1. The normalized spacial score (nSPS) is 24.3. The van der Waals surface area contributed by atoms with E-state index in [0.717, 1.165) is 62.6 Å². The molecule has 0 aromatic carbocycles. The van der Waals surface area contributed by atoms with Gasteiger partial charge in [-0.1, -0.05) is 0 Å². The van der Waals surface area contributed by atoms with Gasteiger partial charge >= 0.3 is 0 Å². The van der Waals surface area contributed by atoms with Crippen molar-refractivity contribution in [3.63, 3.8) is 0 Å². The van der Waals surface area contributed by atoms with Crippen LogP contribution in [0.1, 0.15) is 28.2 Å². The maximum absolute atomic E-state index is 12.6. The molecule has 2 saturated heterocycles. The molecule has 20 heavy (non-hydrogen) atoms. The predicted octanol–water partition coefficient (Wildman–Crippen LogP) is 0.751. The zero-order chi connectivity index (χ0) is 14.1. The second-order valence-electron chi connectivity index (χ2n) is 5.99. The number of H-pyrrole nitrogens is 1. The number of rotatable bonds is 2. The number of hydrogen-bond acceptors (Lipinski definition) is 3. The van der Waals surface area contributed by atoms with Gasteiger partial charge in [0.05, 0.1) is 0 Å². The van der Waals surface area contributed by atoms with Crippen LogP contribution in [0, 0.1) is 13.8 Å². The first-order valence-electron chi connectivity index (χ1n) is 7.55. The summed E-state index contributed by atoms with van der Waals surface area (Å²) >= 11 is 0. The van der Waals surface area contributed by atoms with Crippen molar-refractivity contribution in [2.24, 2.45) is 0 Å². The van der Waals surface area contributed by atoms with Gasteiger partial charge in [0.1, 0.15) is 5.69 Å². The zero-order valence-corrected chi connectivity index (χ0v) is 12.4. The number of piperazine rings is 1. The Balaban J connectivity index is 1.64. The second kappa shape index (κ2) is 5.58. The molecule has 3 heterocycles. The highest BCUT2D eigenvalue weighted by molar-refractivity contribution is 5.94. The van der Waals surface area contributed by atoms with Gasteiger partial charge in [0.15, 0.2) is 0 Å². The lowest BCUT2D eigenvalue weighted by atomic mass is 10.2. The monoisotopic (exact) mass is 276 g/mol. The minimum absolute atomic E-state index is 0.160. The molecule has 2 aliphatic rings. The molecule has 2 N–H and O–H groups in total. The summed E-state index contributed by atoms with van der Waals surface area (Å²) in [5.74, 6) is 0.160. The molecule has 3 rings (SSSR count). The van der Waals surface area contributed by atoms with Gasteiger partial charge in [0.25, 0.3) is 5.91 Å². The molecule has 2 fully saturated rings. The number of amides is 1. The number of hydrogen-bond donors (Lipinski definition) is 2. The van der Waals surface area contributed by atoms with Crippen LogP contribution in [0.5, 0.6) is 0 Å².